The highest BCUT2D eigenvalue weighted by molar-refractivity contribution is 5.75. The summed E-state index contributed by atoms with van der Waals surface area (Å²) in [4.78, 5) is 11.6. The van der Waals surface area contributed by atoms with E-state index in [0.29, 0.717) is 30.5 Å². The summed E-state index contributed by atoms with van der Waals surface area (Å²) in [7, 11) is 4.70. The van der Waals surface area contributed by atoms with Crippen molar-refractivity contribution in [2.24, 2.45) is 11.8 Å². The first-order valence-corrected chi connectivity index (χ1v) is 6.77. The van der Waals surface area contributed by atoms with Crippen molar-refractivity contribution in [3.8, 4) is 17.2 Å². The van der Waals surface area contributed by atoms with Crippen LogP contribution in [0.25, 0.3) is 0 Å². The number of hydrogen-bond acceptors (Lipinski definition) is 6. The van der Waals surface area contributed by atoms with Crippen LogP contribution in [0.1, 0.15) is 11.7 Å². The van der Waals surface area contributed by atoms with Gasteiger partial charge in [0.1, 0.15) is 0 Å². The molecule has 0 bridgehead atoms. The Morgan fingerprint density at radius 1 is 1.05 bits per heavy atom. The minimum absolute atomic E-state index is 0.0420. The lowest BCUT2D eigenvalue weighted by atomic mass is 9.90. The Balaban J connectivity index is 1.97. The second kappa shape index (κ2) is 5.44. The zero-order valence-corrected chi connectivity index (χ0v) is 12.3. The monoisotopic (exact) mass is 294 g/mol. The first-order valence-electron chi connectivity index (χ1n) is 6.77. The van der Waals surface area contributed by atoms with E-state index < -0.39 is 0 Å². The molecule has 0 spiro atoms. The molecule has 0 N–H and O–H groups in total. The van der Waals surface area contributed by atoms with Crippen molar-refractivity contribution in [3.05, 3.63) is 17.7 Å². The van der Waals surface area contributed by atoms with Crippen LogP contribution in [0.5, 0.6) is 17.2 Å². The lowest BCUT2D eigenvalue weighted by molar-refractivity contribution is -0.142. The maximum atomic E-state index is 11.6. The van der Waals surface area contributed by atoms with Crippen LogP contribution >= 0.6 is 0 Å². The van der Waals surface area contributed by atoms with Gasteiger partial charge in [-0.3, -0.25) is 4.79 Å². The molecule has 0 aliphatic carbocycles. The molecule has 3 rings (SSSR count). The zero-order chi connectivity index (χ0) is 15.0. The molecule has 6 nitrogen and oxygen atoms in total. The van der Waals surface area contributed by atoms with Gasteiger partial charge in [-0.25, -0.2) is 0 Å². The third-order valence-electron chi connectivity index (χ3n) is 4.10. The van der Waals surface area contributed by atoms with Gasteiger partial charge in [-0.15, -0.1) is 0 Å². The highest BCUT2D eigenvalue weighted by Crippen LogP contribution is 2.47. The largest absolute Gasteiger partial charge is 0.493 e. The second-order valence-electron chi connectivity index (χ2n) is 5.11. The fraction of sp³-hybridized carbons (Fsp3) is 0.533. The summed E-state index contributed by atoms with van der Waals surface area (Å²) in [6.07, 6.45) is -0.199. The van der Waals surface area contributed by atoms with Crippen molar-refractivity contribution in [2.45, 2.75) is 6.10 Å². The quantitative estimate of drug-likeness (QED) is 0.786. The summed E-state index contributed by atoms with van der Waals surface area (Å²) in [6.45, 7) is 0.787. The second-order valence-corrected chi connectivity index (χ2v) is 5.11. The van der Waals surface area contributed by atoms with Crippen LogP contribution in [0.3, 0.4) is 0 Å². The van der Waals surface area contributed by atoms with Crippen molar-refractivity contribution in [3.63, 3.8) is 0 Å². The van der Waals surface area contributed by atoms with Gasteiger partial charge in [-0.2, -0.15) is 0 Å². The van der Waals surface area contributed by atoms with E-state index in [1.807, 2.05) is 12.1 Å². The highest BCUT2D eigenvalue weighted by atomic mass is 16.6. The summed E-state index contributed by atoms with van der Waals surface area (Å²) in [5, 5.41) is 0. The average Bonchev–Trinajstić information content (AvgIpc) is 3.09. The van der Waals surface area contributed by atoms with E-state index in [4.69, 9.17) is 23.7 Å². The number of ether oxygens (including phenoxy) is 5. The minimum Gasteiger partial charge on any atom is -0.493 e. The Morgan fingerprint density at radius 2 is 1.71 bits per heavy atom. The Hall–Kier alpha value is -1.95. The normalized spacial score (nSPS) is 27.2. The molecule has 2 aliphatic heterocycles. The number of methoxy groups -OCH3 is 3. The predicted octanol–water partition coefficient (Wildman–Crippen LogP) is 1.57. The molecule has 2 saturated heterocycles. The van der Waals surface area contributed by atoms with Gasteiger partial charge >= 0.3 is 5.97 Å². The fourth-order valence-corrected chi connectivity index (χ4v) is 3.01. The van der Waals surface area contributed by atoms with E-state index >= 15 is 0 Å². The summed E-state index contributed by atoms with van der Waals surface area (Å²) in [6, 6.07) is 3.72. The molecule has 2 aliphatic rings. The van der Waals surface area contributed by atoms with Crippen LogP contribution in [0.2, 0.25) is 0 Å². The molecule has 6 heteroatoms. The standard InChI is InChI=1S/C15H18O6/c1-17-11-4-8(5-12(18-2)14(11)19-3)13-9-6-21-15(16)10(9)7-20-13/h4-5,9-10,13H,6-7H2,1-3H3/t9-,10-,13+/m0/s1. The average molecular weight is 294 g/mol. The van der Waals surface area contributed by atoms with Crippen LogP contribution in [0, 0.1) is 11.8 Å². The predicted molar refractivity (Wildman–Crippen MR) is 72.7 cm³/mol. The number of cyclic esters (lactones) is 1. The molecule has 0 amide bonds. The van der Waals surface area contributed by atoms with Crippen molar-refractivity contribution < 1.29 is 28.5 Å². The van der Waals surface area contributed by atoms with Crippen LogP contribution in [0.15, 0.2) is 12.1 Å². The molecule has 21 heavy (non-hydrogen) atoms. The molecule has 0 radical (unpaired) electrons. The van der Waals surface area contributed by atoms with Gasteiger partial charge < -0.3 is 23.7 Å². The maximum absolute atomic E-state index is 11.6. The van der Waals surface area contributed by atoms with Crippen LogP contribution in [-0.2, 0) is 14.3 Å². The molecule has 1 aromatic rings. The van der Waals surface area contributed by atoms with Crippen LogP contribution in [0.4, 0.5) is 0 Å². The number of fused-ring (bicyclic) bond motifs is 1. The van der Waals surface area contributed by atoms with E-state index in [0.717, 1.165) is 5.56 Å². The maximum Gasteiger partial charge on any atom is 0.311 e. The fourth-order valence-electron chi connectivity index (χ4n) is 3.01. The van der Waals surface area contributed by atoms with Crippen molar-refractivity contribution >= 4 is 5.97 Å². The summed E-state index contributed by atoms with van der Waals surface area (Å²) in [5.74, 6) is 1.38. The Labute approximate surface area is 122 Å². The summed E-state index contributed by atoms with van der Waals surface area (Å²) in [5.41, 5.74) is 0.898. The van der Waals surface area contributed by atoms with E-state index in [1.54, 1.807) is 21.3 Å². The van der Waals surface area contributed by atoms with E-state index in [2.05, 4.69) is 0 Å². The molecular weight excluding hydrogens is 276 g/mol. The van der Waals surface area contributed by atoms with Crippen molar-refractivity contribution in [1.29, 1.82) is 0 Å². The third-order valence-corrected chi connectivity index (χ3v) is 4.10. The molecule has 1 aromatic carbocycles. The third kappa shape index (κ3) is 2.19. The Bertz CT molecular complexity index is 530. The SMILES string of the molecule is COc1cc([C@H]2OC[C@@H]3C(=O)OC[C@@H]32)cc(OC)c1OC. The Morgan fingerprint density at radius 3 is 2.29 bits per heavy atom. The number of carbonyl (C=O) groups excluding carboxylic acids is 1. The molecule has 114 valence electrons. The molecule has 0 saturated carbocycles. The minimum atomic E-state index is -0.199. The number of rotatable bonds is 4. The van der Waals surface area contributed by atoms with Gasteiger partial charge in [0, 0.05) is 5.92 Å². The molecule has 0 aromatic heterocycles. The van der Waals surface area contributed by atoms with Crippen molar-refractivity contribution in [1.82, 2.24) is 0 Å². The van der Waals surface area contributed by atoms with E-state index in [-0.39, 0.29) is 23.9 Å². The molecule has 0 unspecified atom stereocenters. The van der Waals surface area contributed by atoms with Crippen molar-refractivity contribution in [2.75, 3.05) is 34.5 Å². The lowest BCUT2D eigenvalue weighted by Crippen LogP contribution is -2.15. The summed E-state index contributed by atoms with van der Waals surface area (Å²) < 4.78 is 26.9. The number of esters is 1. The van der Waals surface area contributed by atoms with Gasteiger partial charge in [-0.05, 0) is 17.7 Å². The first-order chi connectivity index (χ1) is 10.2. The lowest BCUT2D eigenvalue weighted by Gasteiger charge is -2.19. The summed E-state index contributed by atoms with van der Waals surface area (Å²) >= 11 is 0. The highest BCUT2D eigenvalue weighted by Gasteiger charge is 2.48. The van der Waals surface area contributed by atoms with Gasteiger partial charge in [-0.1, -0.05) is 0 Å². The molecule has 2 heterocycles. The van der Waals surface area contributed by atoms with Gasteiger partial charge in [0.2, 0.25) is 5.75 Å². The number of benzene rings is 1. The van der Waals surface area contributed by atoms with E-state index in [1.165, 1.54) is 0 Å². The topological polar surface area (TPSA) is 63.2 Å². The zero-order valence-electron chi connectivity index (χ0n) is 12.3. The van der Waals surface area contributed by atoms with Gasteiger partial charge in [0.05, 0.1) is 46.6 Å². The smallest absolute Gasteiger partial charge is 0.311 e. The van der Waals surface area contributed by atoms with Gasteiger partial charge in [0.25, 0.3) is 0 Å². The van der Waals surface area contributed by atoms with Crippen LogP contribution in [-0.4, -0.2) is 40.5 Å². The molecule has 2 fully saturated rings. The van der Waals surface area contributed by atoms with E-state index in [9.17, 15) is 4.79 Å². The molecule has 3 atom stereocenters. The number of carbonyl (C=O) groups is 1. The Kier molecular flexibility index (Phi) is 3.63. The van der Waals surface area contributed by atoms with Crippen LogP contribution < -0.4 is 14.2 Å². The first kappa shape index (κ1) is 14.0. The number of hydrogen-bond donors (Lipinski definition) is 0. The van der Waals surface area contributed by atoms with Gasteiger partial charge in [0.15, 0.2) is 11.5 Å². The molecular formula is C15H18O6.